The molecule has 1 saturated carbocycles. The third-order valence-corrected chi connectivity index (χ3v) is 4.88. The van der Waals surface area contributed by atoms with Crippen molar-refractivity contribution in [3.05, 3.63) is 33.9 Å². The number of hydrogen-bond acceptors (Lipinski definition) is 5. The average molecular weight is 349 g/mol. The van der Waals surface area contributed by atoms with Crippen molar-refractivity contribution in [2.75, 3.05) is 25.0 Å². The van der Waals surface area contributed by atoms with E-state index in [-0.39, 0.29) is 18.2 Å². The largest absolute Gasteiger partial charge is 0.395 e. The van der Waals surface area contributed by atoms with Crippen LogP contribution in [0.4, 0.5) is 11.4 Å². The SMILES string of the molecule is Cc1c(NC(=O)CCN(CCO)C2CCCCC2)cccc1[N+](=O)[O-]. The number of nitrogens with one attached hydrogen (secondary N) is 1. The van der Waals surface area contributed by atoms with E-state index in [0.717, 1.165) is 12.8 Å². The number of anilines is 1. The van der Waals surface area contributed by atoms with Gasteiger partial charge in [0.25, 0.3) is 5.69 Å². The zero-order valence-corrected chi connectivity index (χ0v) is 14.7. The molecule has 0 atom stereocenters. The first-order chi connectivity index (χ1) is 12.0. The second-order valence-corrected chi connectivity index (χ2v) is 6.56. The number of hydrogen-bond donors (Lipinski definition) is 2. The van der Waals surface area contributed by atoms with Gasteiger partial charge in [0.2, 0.25) is 5.91 Å². The zero-order chi connectivity index (χ0) is 18.2. The quantitative estimate of drug-likeness (QED) is 0.556. The number of carbonyl (C=O) groups is 1. The third-order valence-electron chi connectivity index (χ3n) is 4.88. The molecule has 1 fully saturated rings. The van der Waals surface area contributed by atoms with E-state index < -0.39 is 4.92 Å². The highest BCUT2D eigenvalue weighted by atomic mass is 16.6. The van der Waals surface area contributed by atoms with Crippen molar-refractivity contribution in [3.63, 3.8) is 0 Å². The molecule has 0 saturated heterocycles. The van der Waals surface area contributed by atoms with Crippen LogP contribution in [0.1, 0.15) is 44.1 Å². The standard InChI is InChI=1S/C18H27N3O4/c1-14-16(8-5-9-17(14)21(24)25)19-18(23)10-11-20(12-13-22)15-6-3-2-4-7-15/h5,8-9,15,22H,2-4,6-7,10-13H2,1H3,(H,19,23). The van der Waals surface area contributed by atoms with E-state index >= 15 is 0 Å². The number of rotatable bonds is 8. The number of aliphatic hydroxyl groups excluding tert-OH is 1. The maximum absolute atomic E-state index is 12.3. The summed E-state index contributed by atoms with van der Waals surface area (Å²) in [5.41, 5.74) is 0.938. The molecule has 0 aromatic heterocycles. The number of amides is 1. The Morgan fingerprint density at radius 2 is 2.04 bits per heavy atom. The Labute approximate surface area is 148 Å². The Morgan fingerprint density at radius 3 is 2.68 bits per heavy atom. The Morgan fingerprint density at radius 1 is 1.32 bits per heavy atom. The average Bonchev–Trinajstić information content (AvgIpc) is 2.61. The first-order valence-corrected chi connectivity index (χ1v) is 8.91. The van der Waals surface area contributed by atoms with Crippen LogP contribution in [0.3, 0.4) is 0 Å². The van der Waals surface area contributed by atoms with E-state index in [1.807, 2.05) is 0 Å². The second-order valence-electron chi connectivity index (χ2n) is 6.56. The fraction of sp³-hybridized carbons (Fsp3) is 0.611. The van der Waals surface area contributed by atoms with Crippen molar-refractivity contribution in [1.29, 1.82) is 0 Å². The molecule has 0 radical (unpaired) electrons. The van der Waals surface area contributed by atoms with E-state index in [9.17, 15) is 20.0 Å². The van der Waals surface area contributed by atoms with Crippen LogP contribution in [-0.2, 0) is 4.79 Å². The van der Waals surface area contributed by atoms with Crippen LogP contribution in [-0.4, -0.2) is 46.6 Å². The number of aliphatic hydroxyl groups is 1. The molecule has 7 heteroatoms. The van der Waals surface area contributed by atoms with E-state index in [4.69, 9.17) is 0 Å². The minimum Gasteiger partial charge on any atom is -0.395 e. The van der Waals surface area contributed by atoms with Crippen LogP contribution < -0.4 is 5.32 Å². The van der Waals surface area contributed by atoms with Crippen LogP contribution in [0, 0.1) is 17.0 Å². The van der Waals surface area contributed by atoms with Gasteiger partial charge in [0.1, 0.15) is 0 Å². The molecule has 1 aromatic rings. The van der Waals surface area contributed by atoms with Crippen molar-refractivity contribution >= 4 is 17.3 Å². The van der Waals surface area contributed by atoms with Crippen LogP contribution in [0.25, 0.3) is 0 Å². The zero-order valence-electron chi connectivity index (χ0n) is 14.7. The number of nitro benzene ring substituents is 1. The highest BCUT2D eigenvalue weighted by Crippen LogP contribution is 2.25. The number of benzene rings is 1. The summed E-state index contributed by atoms with van der Waals surface area (Å²) in [4.78, 5) is 25.0. The summed E-state index contributed by atoms with van der Waals surface area (Å²) in [7, 11) is 0. The lowest BCUT2D eigenvalue weighted by molar-refractivity contribution is -0.385. The Bertz CT molecular complexity index is 600. The fourth-order valence-electron chi connectivity index (χ4n) is 3.47. The number of nitrogens with zero attached hydrogens (tertiary/aromatic N) is 2. The number of carbonyl (C=O) groups excluding carboxylic acids is 1. The van der Waals surface area contributed by atoms with Gasteiger partial charge in [-0.25, -0.2) is 0 Å². The lowest BCUT2D eigenvalue weighted by Gasteiger charge is -2.33. The van der Waals surface area contributed by atoms with Gasteiger partial charge in [0.15, 0.2) is 0 Å². The molecule has 0 aliphatic heterocycles. The lowest BCUT2D eigenvalue weighted by Crippen LogP contribution is -2.40. The fourth-order valence-corrected chi connectivity index (χ4v) is 3.47. The Balaban J connectivity index is 1.92. The highest BCUT2D eigenvalue weighted by molar-refractivity contribution is 5.92. The molecule has 25 heavy (non-hydrogen) atoms. The van der Waals surface area contributed by atoms with Crippen molar-refractivity contribution in [2.45, 2.75) is 51.5 Å². The van der Waals surface area contributed by atoms with Crippen molar-refractivity contribution in [1.82, 2.24) is 4.90 Å². The summed E-state index contributed by atoms with van der Waals surface area (Å²) in [6, 6.07) is 5.11. The maximum Gasteiger partial charge on any atom is 0.274 e. The minimum absolute atomic E-state index is 0.00177. The molecule has 1 aromatic carbocycles. The van der Waals surface area contributed by atoms with Gasteiger partial charge in [0, 0.05) is 31.6 Å². The summed E-state index contributed by atoms with van der Waals surface area (Å²) >= 11 is 0. The molecule has 1 aliphatic rings. The molecule has 0 heterocycles. The molecular formula is C18H27N3O4. The van der Waals surface area contributed by atoms with Gasteiger partial charge in [-0.15, -0.1) is 0 Å². The van der Waals surface area contributed by atoms with Gasteiger partial charge in [0.05, 0.1) is 22.8 Å². The molecule has 1 amide bonds. The second kappa shape index (κ2) is 9.48. The normalized spacial score (nSPS) is 15.3. The van der Waals surface area contributed by atoms with Gasteiger partial charge in [-0.05, 0) is 25.8 Å². The van der Waals surface area contributed by atoms with Gasteiger partial charge < -0.3 is 10.4 Å². The Hall–Kier alpha value is -1.99. The smallest absolute Gasteiger partial charge is 0.274 e. The Kier molecular flexibility index (Phi) is 7.33. The van der Waals surface area contributed by atoms with Crippen molar-refractivity contribution in [3.8, 4) is 0 Å². The highest BCUT2D eigenvalue weighted by Gasteiger charge is 2.21. The molecule has 1 aliphatic carbocycles. The molecule has 138 valence electrons. The summed E-state index contributed by atoms with van der Waals surface area (Å²) in [6.45, 7) is 2.88. The summed E-state index contributed by atoms with van der Waals surface area (Å²) < 4.78 is 0. The van der Waals surface area contributed by atoms with E-state index in [1.54, 1.807) is 19.1 Å². The van der Waals surface area contributed by atoms with E-state index in [1.165, 1.54) is 25.3 Å². The summed E-state index contributed by atoms with van der Waals surface area (Å²) in [5.74, 6) is -0.164. The van der Waals surface area contributed by atoms with Crippen LogP contribution >= 0.6 is 0 Å². The van der Waals surface area contributed by atoms with E-state index in [0.29, 0.717) is 36.8 Å². The molecular weight excluding hydrogens is 322 g/mol. The number of nitro groups is 1. The molecule has 2 rings (SSSR count). The van der Waals surface area contributed by atoms with Gasteiger partial charge in [-0.1, -0.05) is 25.3 Å². The lowest BCUT2D eigenvalue weighted by atomic mass is 9.94. The van der Waals surface area contributed by atoms with Crippen molar-refractivity contribution in [2.24, 2.45) is 0 Å². The first kappa shape index (κ1) is 19.3. The molecule has 0 bridgehead atoms. The molecule has 2 N–H and O–H groups in total. The summed E-state index contributed by atoms with van der Waals surface area (Å²) in [6.07, 6.45) is 6.20. The molecule has 7 nitrogen and oxygen atoms in total. The predicted molar refractivity (Wildman–Crippen MR) is 96.6 cm³/mol. The topological polar surface area (TPSA) is 95.7 Å². The predicted octanol–water partition coefficient (Wildman–Crippen LogP) is 2.86. The summed E-state index contributed by atoms with van der Waals surface area (Å²) in [5, 5.41) is 23.0. The molecule has 0 spiro atoms. The van der Waals surface area contributed by atoms with Gasteiger partial charge in [-0.2, -0.15) is 0 Å². The maximum atomic E-state index is 12.3. The van der Waals surface area contributed by atoms with Crippen LogP contribution in [0.5, 0.6) is 0 Å². The van der Waals surface area contributed by atoms with Gasteiger partial charge in [-0.3, -0.25) is 19.8 Å². The monoisotopic (exact) mass is 349 g/mol. The minimum atomic E-state index is -0.447. The van der Waals surface area contributed by atoms with Crippen LogP contribution in [0.15, 0.2) is 18.2 Å². The first-order valence-electron chi connectivity index (χ1n) is 8.91. The van der Waals surface area contributed by atoms with Crippen LogP contribution in [0.2, 0.25) is 0 Å². The van der Waals surface area contributed by atoms with Gasteiger partial charge >= 0.3 is 0 Å². The van der Waals surface area contributed by atoms with Crippen molar-refractivity contribution < 1.29 is 14.8 Å². The molecule has 0 unspecified atom stereocenters. The van der Waals surface area contributed by atoms with E-state index in [2.05, 4.69) is 10.2 Å². The third kappa shape index (κ3) is 5.51.